The van der Waals surface area contributed by atoms with Crippen LogP contribution < -0.4 is 0 Å². The molecule has 1 atom stereocenters. The van der Waals surface area contributed by atoms with Crippen LogP contribution in [0.5, 0.6) is 0 Å². The molecule has 0 fully saturated rings. The van der Waals surface area contributed by atoms with E-state index in [2.05, 4.69) is 17.4 Å². The topological polar surface area (TPSA) is 60.4 Å². The summed E-state index contributed by atoms with van der Waals surface area (Å²) < 4.78 is 4.54. The highest BCUT2D eigenvalue weighted by Crippen LogP contribution is 2.04. The van der Waals surface area contributed by atoms with Gasteiger partial charge >= 0.3 is 5.97 Å². The van der Waals surface area contributed by atoms with Crippen LogP contribution >= 0.6 is 12.6 Å². The number of hydrogen-bond acceptors (Lipinski definition) is 4. The molecule has 0 heterocycles. The molecule has 1 unspecified atom stereocenters. The SMILES string of the molecule is CC(=O)CC(OC(C)=O)C(=O)S. The second kappa shape index (κ2) is 4.92. The van der Waals surface area contributed by atoms with Crippen molar-refractivity contribution in [2.45, 2.75) is 26.4 Å². The van der Waals surface area contributed by atoms with E-state index in [0.29, 0.717) is 0 Å². The Labute approximate surface area is 75.7 Å². The summed E-state index contributed by atoms with van der Waals surface area (Å²) in [6.07, 6.45) is -1.15. The molecule has 0 rings (SSSR count). The van der Waals surface area contributed by atoms with Crippen LogP contribution in [0.15, 0.2) is 0 Å². The van der Waals surface area contributed by atoms with Gasteiger partial charge in [0, 0.05) is 6.92 Å². The first-order valence-electron chi connectivity index (χ1n) is 3.33. The molecule has 0 aromatic carbocycles. The Morgan fingerprint density at radius 3 is 2.08 bits per heavy atom. The third-order valence-corrected chi connectivity index (χ3v) is 1.34. The van der Waals surface area contributed by atoms with Crippen molar-refractivity contribution in [3.8, 4) is 0 Å². The molecule has 0 N–H and O–H groups in total. The highest BCUT2D eigenvalue weighted by Gasteiger charge is 2.19. The Kier molecular flexibility index (Phi) is 4.58. The van der Waals surface area contributed by atoms with E-state index in [1.54, 1.807) is 0 Å². The maximum absolute atomic E-state index is 10.6. The van der Waals surface area contributed by atoms with Gasteiger partial charge < -0.3 is 4.74 Å². The molecule has 12 heavy (non-hydrogen) atoms. The van der Waals surface area contributed by atoms with E-state index < -0.39 is 17.2 Å². The van der Waals surface area contributed by atoms with Crippen molar-refractivity contribution in [3.05, 3.63) is 0 Å². The predicted molar refractivity (Wildman–Crippen MR) is 44.8 cm³/mol. The minimum Gasteiger partial charge on any atom is -0.453 e. The van der Waals surface area contributed by atoms with E-state index in [9.17, 15) is 14.4 Å². The van der Waals surface area contributed by atoms with E-state index in [-0.39, 0.29) is 12.2 Å². The van der Waals surface area contributed by atoms with Crippen molar-refractivity contribution < 1.29 is 19.1 Å². The van der Waals surface area contributed by atoms with E-state index in [1.165, 1.54) is 13.8 Å². The lowest BCUT2D eigenvalue weighted by atomic mass is 10.2. The molecule has 0 aliphatic carbocycles. The van der Waals surface area contributed by atoms with E-state index in [4.69, 9.17) is 0 Å². The molecule has 0 aliphatic heterocycles. The zero-order valence-electron chi connectivity index (χ0n) is 6.86. The molecule has 0 saturated carbocycles. The summed E-state index contributed by atoms with van der Waals surface area (Å²) in [6.45, 7) is 2.48. The van der Waals surface area contributed by atoms with Gasteiger partial charge in [0.2, 0.25) is 5.12 Å². The van der Waals surface area contributed by atoms with E-state index in [1.807, 2.05) is 0 Å². The first-order chi connectivity index (χ1) is 5.43. The first kappa shape index (κ1) is 11.2. The Morgan fingerprint density at radius 2 is 1.83 bits per heavy atom. The third-order valence-electron chi connectivity index (χ3n) is 1.06. The van der Waals surface area contributed by atoms with Crippen LogP contribution in [0, 0.1) is 0 Å². The summed E-state index contributed by atoms with van der Waals surface area (Å²) >= 11 is 3.47. The van der Waals surface area contributed by atoms with Crippen molar-refractivity contribution in [1.29, 1.82) is 0 Å². The molecule has 0 aliphatic rings. The minimum absolute atomic E-state index is 0.109. The summed E-state index contributed by atoms with van der Waals surface area (Å²) in [5, 5.41) is -0.611. The molecule has 0 spiro atoms. The molecule has 0 saturated heterocycles. The summed E-state index contributed by atoms with van der Waals surface area (Å²) in [5.74, 6) is -0.813. The largest absolute Gasteiger partial charge is 0.453 e. The number of Topliss-reactive ketones (excluding diaryl/α,β-unsaturated/α-hetero) is 1. The average Bonchev–Trinajstić information content (AvgIpc) is 1.83. The summed E-state index contributed by atoms with van der Waals surface area (Å²) in [5.41, 5.74) is 0. The van der Waals surface area contributed by atoms with Gasteiger partial charge in [0.25, 0.3) is 0 Å². The van der Waals surface area contributed by atoms with Gasteiger partial charge in [-0.1, -0.05) is 0 Å². The molecule has 0 aromatic heterocycles. The van der Waals surface area contributed by atoms with Crippen LogP contribution in [-0.2, 0) is 19.1 Å². The molecule has 4 nitrogen and oxygen atoms in total. The quantitative estimate of drug-likeness (QED) is 0.513. The molecule has 68 valence electrons. The average molecular weight is 190 g/mol. The number of carbonyl (C=O) groups excluding carboxylic acids is 3. The number of ketones is 1. The fraction of sp³-hybridized carbons (Fsp3) is 0.571. The maximum atomic E-state index is 10.6. The fourth-order valence-corrected chi connectivity index (χ4v) is 0.785. The van der Waals surface area contributed by atoms with Crippen LogP contribution in [0.1, 0.15) is 20.3 Å². The smallest absolute Gasteiger partial charge is 0.303 e. The molecular weight excluding hydrogens is 180 g/mol. The van der Waals surface area contributed by atoms with Gasteiger partial charge in [-0.05, 0) is 6.92 Å². The molecule has 0 aromatic rings. The van der Waals surface area contributed by atoms with Crippen LogP contribution in [0.4, 0.5) is 0 Å². The predicted octanol–water partition coefficient (Wildman–Crippen LogP) is 0.354. The van der Waals surface area contributed by atoms with Gasteiger partial charge in [-0.15, -0.1) is 12.6 Å². The minimum atomic E-state index is -1.04. The van der Waals surface area contributed by atoms with Crippen LogP contribution in [-0.4, -0.2) is 23.0 Å². The number of thiol groups is 1. The lowest BCUT2D eigenvalue weighted by Crippen LogP contribution is -2.25. The summed E-state index contributed by atoms with van der Waals surface area (Å²) in [7, 11) is 0. The van der Waals surface area contributed by atoms with Crippen LogP contribution in [0.2, 0.25) is 0 Å². The van der Waals surface area contributed by atoms with Crippen molar-refractivity contribution in [2.75, 3.05) is 0 Å². The zero-order chi connectivity index (χ0) is 9.72. The third kappa shape index (κ3) is 4.90. The highest BCUT2D eigenvalue weighted by atomic mass is 32.1. The lowest BCUT2D eigenvalue weighted by Gasteiger charge is -2.10. The van der Waals surface area contributed by atoms with Crippen molar-refractivity contribution in [2.24, 2.45) is 0 Å². The number of esters is 1. The van der Waals surface area contributed by atoms with Gasteiger partial charge in [-0.25, -0.2) is 0 Å². The second-order valence-corrected chi connectivity index (χ2v) is 2.78. The first-order valence-corrected chi connectivity index (χ1v) is 3.77. The number of carbonyl (C=O) groups is 3. The fourth-order valence-electron chi connectivity index (χ4n) is 0.641. The van der Waals surface area contributed by atoms with E-state index in [0.717, 1.165) is 0 Å². The Bertz CT molecular complexity index is 195. The van der Waals surface area contributed by atoms with Crippen molar-refractivity contribution >= 4 is 29.5 Å². The zero-order valence-corrected chi connectivity index (χ0v) is 7.76. The highest BCUT2D eigenvalue weighted by molar-refractivity contribution is 7.96. The molecule has 0 amide bonds. The molecule has 5 heteroatoms. The molecular formula is C7H10O4S. The standard InChI is InChI=1S/C7H10O4S/c1-4(8)3-6(7(10)12)11-5(2)9/h6H,3H2,1-2H3,(H,10,12). The van der Waals surface area contributed by atoms with Gasteiger partial charge in [0.15, 0.2) is 6.10 Å². The number of rotatable bonds is 4. The maximum Gasteiger partial charge on any atom is 0.303 e. The normalized spacial score (nSPS) is 11.9. The molecule has 0 radical (unpaired) electrons. The van der Waals surface area contributed by atoms with Crippen LogP contribution in [0.3, 0.4) is 0 Å². The van der Waals surface area contributed by atoms with Crippen molar-refractivity contribution in [3.63, 3.8) is 0 Å². The summed E-state index contributed by atoms with van der Waals surface area (Å²) in [4.78, 5) is 31.6. The number of ether oxygens (including phenoxy) is 1. The number of hydrogen-bond donors (Lipinski definition) is 1. The van der Waals surface area contributed by atoms with Gasteiger partial charge in [0.1, 0.15) is 5.78 Å². The Morgan fingerprint density at radius 1 is 1.33 bits per heavy atom. The van der Waals surface area contributed by atoms with E-state index >= 15 is 0 Å². The monoisotopic (exact) mass is 190 g/mol. The van der Waals surface area contributed by atoms with Crippen LogP contribution in [0.25, 0.3) is 0 Å². The summed E-state index contributed by atoms with van der Waals surface area (Å²) in [6, 6.07) is 0. The Hall–Kier alpha value is -0.840. The lowest BCUT2D eigenvalue weighted by molar-refractivity contribution is -0.151. The second-order valence-electron chi connectivity index (χ2n) is 2.34. The van der Waals surface area contributed by atoms with Gasteiger partial charge in [-0.3, -0.25) is 14.4 Å². The van der Waals surface area contributed by atoms with Gasteiger partial charge in [0.05, 0.1) is 6.42 Å². The molecule has 0 bridgehead atoms. The van der Waals surface area contributed by atoms with Crippen molar-refractivity contribution in [1.82, 2.24) is 0 Å². The Balaban J connectivity index is 4.14. The van der Waals surface area contributed by atoms with Gasteiger partial charge in [-0.2, -0.15) is 0 Å².